The summed E-state index contributed by atoms with van der Waals surface area (Å²) in [6.07, 6.45) is 9.26. The number of rotatable bonds is 14. The van der Waals surface area contributed by atoms with Crippen LogP contribution < -0.4 is 20.1 Å². The van der Waals surface area contributed by atoms with Gasteiger partial charge in [0.15, 0.2) is 46.2 Å². The number of nitrogens with zero attached hydrogens (tertiary/aromatic N) is 8. The van der Waals surface area contributed by atoms with Crippen LogP contribution in [-0.2, 0) is 0 Å². The number of hydrogen-bond donors (Lipinski definition) is 4. The predicted molar refractivity (Wildman–Crippen MR) is 184 cm³/mol. The van der Waals surface area contributed by atoms with E-state index in [1.807, 2.05) is 0 Å². The Labute approximate surface area is 314 Å². The minimum atomic E-state index is -1.53. The summed E-state index contributed by atoms with van der Waals surface area (Å²) in [5, 5.41) is 39.5. The number of benzene rings is 2. The molecule has 18 nitrogen and oxygen atoms in total. The third kappa shape index (κ3) is 8.87. The van der Waals surface area contributed by atoms with Gasteiger partial charge in [-0.25, -0.2) is 28.3 Å². The third-order valence-electron chi connectivity index (χ3n) is 7.21. The van der Waals surface area contributed by atoms with Crippen LogP contribution in [0.15, 0.2) is 86.0 Å². The van der Waals surface area contributed by atoms with Gasteiger partial charge in [0, 0.05) is 43.3 Å². The number of amides is 2. The molecule has 0 aliphatic heterocycles. The number of ether oxygens (including phenoxy) is 2. The molecule has 270 valence electrons. The number of carboxylic acid groups (broad SMARTS) is 2. The number of aromatic carboxylic acids is 2. The second-order valence-corrected chi connectivity index (χ2v) is 10.7. The molecule has 0 unspecified atom stereocenters. The standard InChI is InChI=1S/C33H24F2N10O8.Li.H/c34-20-12-18(32(48)49)25(39-31(47)23-3-5-29(43-41-23)45-9-7-37-17-45)15-27(20)53-11-1-10-52-26-13-19(33(50)51)24(14-21(26)35)38-30(46)22-2-4-28(42-40-22)44-8-6-36-16-44;;/h2-9,12-17H,1,10-11H2,(H,38,46)(H,39,47)(H,48,49)(H,50,51);;. The van der Waals surface area contributed by atoms with E-state index in [2.05, 4.69) is 41.0 Å². The Hall–Kier alpha value is -7.04. The molecular weight excluding hydrogens is 709 g/mol. The molecule has 0 aliphatic carbocycles. The molecule has 0 bridgehead atoms. The average Bonchev–Trinajstić information content (AvgIpc) is 3.89. The van der Waals surface area contributed by atoms with E-state index in [0.717, 1.165) is 18.2 Å². The SMILES string of the molecule is O=C(Nc1cc(OCCCOc2cc(C(=O)O)c(NC(=O)c3ccc(-n4ccnc4)nn3)cc2F)c(F)cc1C(=O)O)c1ccc(-n2ccnc2)nn1.[LiH]. The van der Waals surface area contributed by atoms with Crippen LogP contribution in [0, 0.1) is 11.6 Å². The first-order valence-corrected chi connectivity index (χ1v) is 15.2. The third-order valence-corrected chi connectivity index (χ3v) is 7.21. The van der Waals surface area contributed by atoms with Gasteiger partial charge in [0.1, 0.15) is 12.7 Å². The first-order chi connectivity index (χ1) is 25.6. The van der Waals surface area contributed by atoms with Gasteiger partial charge in [0.25, 0.3) is 11.8 Å². The van der Waals surface area contributed by atoms with Gasteiger partial charge in [-0.15, -0.1) is 20.4 Å². The molecule has 4 N–H and O–H groups in total. The van der Waals surface area contributed by atoms with Crippen LogP contribution >= 0.6 is 0 Å². The van der Waals surface area contributed by atoms with Gasteiger partial charge in [-0.05, 0) is 36.4 Å². The van der Waals surface area contributed by atoms with Crippen molar-refractivity contribution in [3.63, 3.8) is 0 Å². The Morgan fingerprint density at radius 3 is 1.56 bits per heavy atom. The van der Waals surface area contributed by atoms with Crippen LogP contribution in [0.1, 0.15) is 48.1 Å². The van der Waals surface area contributed by atoms with Gasteiger partial charge in [0.2, 0.25) is 0 Å². The molecule has 21 heteroatoms. The average molecular weight is 735 g/mol. The second-order valence-electron chi connectivity index (χ2n) is 10.7. The Bertz CT molecular complexity index is 2290. The Kier molecular flexibility index (Phi) is 12.0. The van der Waals surface area contributed by atoms with E-state index in [0.29, 0.717) is 17.7 Å². The first-order valence-electron chi connectivity index (χ1n) is 15.2. The van der Waals surface area contributed by atoms with E-state index >= 15 is 0 Å². The van der Waals surface area contributed by atoms with Crippen LogP contribution in [0.3, 0.4) is 0 Å². The van der Waals surface area contributed by atoms with Crippen molar-refractivity contribution in [1.29, 1.82) is 0 Å². The predicted octanol–water partition coefficient (Wildman–Crippen LogP) is 3.02. The van der Waals surface area contributed by atoms with Crippen molar-refractivity contribution in [2.24, 2.45) is 0 Å². The van der Waals surface area contributed by atoms with Crippen LogP contribution in [0.4, 0.5) is 20.2 Å². The number of carbonyl (C=O) groups excluding carboxylic acids is 2. The quantitative estimate of drug-likeness (QED) is 0.0930. The summed E-state index contributed by atoms with van der Waals surface area (Å²) in [6.45, 7) is -0.452. The summed E-state index contributed by atoms with van der Waals surface area (Å²) in [6, 6.07) is 8.98. The van der Waals surface area contributed by atoms with E-state index in [1.54, 1.807) is 21.5 Å². The fraction of sp³-hybridized carbons (Fsp3) is 0.0909. The molecule has 54 heavy (non-hydrogen) atoms. The molecule has 2 aromatic carbocycles. The first kappa shape index (κ1) is 38.2. The number of hydrogen-bond acceptors (Lipinski definition) is 12. The number of aromatic nitrogens is 8. The van der Waals surface area contributed by atoms with Gasteiger partial charge < -0.3 is 30.3 Å². The van der Waals surface area contributed by atoms with E-state index in [-0.39, 0.29) is 61.3 Å². The van der Waals surface area contributed by atoms with Crippen molar-refractivity contribution in [2.45, 2.75) is 6.42 Å². The summed E-state index contributed by atoms with van der Waals surface area (Å²) in [4.78, 5) is 57.1. The van der Waals surface area contributed by atoms with Gasteiger partial charge >= 0.3 is 30.8 Å². The van der Waals surface area contributed by atoms with Crippen molar-refractivity contribution in [3.8, 4) is 23.1 Å². The normalized spacial score (nSPS) is 10.6. The maximum absolute atomic E-state index is 15.0. The molecule has 6 rings (SSSR count). The van der Waals surface area contributed by atoms with Crippen LogP contribution in [0.25, 0.3) is 11.6 Å². The van der Waals surface area contributed by atoms with E-state index in [4.69, 9.17) is 9.47 Å². The van der Waals surface area contributed by atoms with Crippen molar-refractivity contribution < 1.29 is 47.6 Å². The maximum atomic E-state index is 15.0. The van der Waals surface area contributed by atoms with Crippen molar-refractivity contribution in [3.05, 3.63) is 120 Å². The number of anilines is 2. The molecule has 6 aromatic rings. The zero-order chi connectivity index (χ0) is 37.5. The zero-order valence-electron chi connectivity index (χ0n) is 26.9. The fourth-order valence-corrected chi connectivity index (χ4v) is 4.64. The summed E-state index contributed by atoms with van der Waals surface area (Å²) in [5.74, 6) is -6.84. The summed E-state index contributed by atoms with van der Waals surface area (Å²) < 4.78 is 43.7. The number of nitrogens with one attached hydrogen (secondary N) is 2. The fourth-order valence-electron chi connectivity index (χ4n) is 4.64. The zero-order valence-corrected chi connectivity index (χ0v) is 26.9. The number of halogens is 2. The number of carboxylic acids is 2. The van der Waals surface area contributed by atoms with Crippen molar-refractivity contribution in [1.82, 2.24) is 39.5 Å². The van der Waals surface area contributed by atoms with Gasteiger partial charge in [-0.3, -0.25) is 18.7 Å². The Morgan fingerprint density at radius 1 is 0.648 bits per heavy atom. The van der Waals surface area contributed by atoms with E-state index in [1.165, 1.54) is 49.3 Å². The van der Waals surface area contributed by atoms with Gasteiger partial charge in [0.05, 0.1) is 35.7 Å². The summed E-state index contributed by atoms with van der Waals surface area (Å²) in [7, 11) is 0. The summed E-state index contributed by atoms with van der Waals surface area (Å²) >= 11 is 0. The molecule has 0 saturated heterocycles. The van der Waals surface area contributed by atoms with Crippen molar-refractivity contribution >= 4 is 54.0 Å². The van der Waals surface area contributed by atoms with E-state index in [9.17, 15) is 38.2 Å². The molecule has 0 fully saturated rings. The molecule has 0 saturated carbocycles. The van der Waals surface area contributed by atoms with Gasteiger partial charge in [-0.1, -0.05) is 0 Å². The Balaban J connectivity index is 0.00000561. The second kappa shape index (κ2) is 17.0. The Morgan fingerprint density at radius 2 is 1.11 bits per heavy atom. The van der Waals surface area contributed by atoms with Crippen LogP contribution in [0.5, 0.6) is 11.5 Å². The molecular formula is C33H25F2LiN10O8. The molecule has 0 radical (unpaired) electrons. The molecule has 2 amide bonds. The van der Waals surface area contributed by atoms with Crippen LogP contribution in [-0.4, -0.2) is 106 Å². The monoisotopic (exact) mass is 734 g/mol. The number of imidazole rings is 2. The van der Waals surface area contributed by atoms with Gasteiger partial charge in [-0.2, -0.15) is 0 Å². The molecule has 4 aromatic heterocycles. The molecule has 4 heterocycles. The van der Waals surface area contributed by atoms with E-state index < -0.39 is 58.0 Å². The molecule has 0 aliphatic rings. The number of carbonyl (C=O) groups is 4. The molecule has 0 atom stereocenters. The minimum absolute atomic E-state index is 0. The van der Waals surface area contributed by atoms with Crippen molar-refractivity contribution in [2.75, 3.05) is 23.8 Å². The summed E-state index contributed by atoms with van der Waals surface area (Å²) in [5.41, 5.74) is -2.02. The topological polar surface area (TPSA) is 238 Å². The van der Waals surface area contributed by atoms with Crippen LogP contribution in [0.2, 0.25) is 0 Å². The molecule has 0 spiro atoms.